The van der Waals surface area contributed by atoms with E-state index in [1.165, 1.54) is 17.1 Å². The van der Waals surface area contributed by atoms with E-state index in [0.29, 0.717) is 15.9 Å². The molecule has 4 rings (SSSR count). The van der Waals surface area contributed by atoms with Gasteiger partial charge in [0.05, 0.1) is 5.52 Å². The average Bonchev–Trinajstić information content (AvgIpc) is 3.01. The predicted octanol–water partition coefficient (Wildman–Crippen LogP) is 6.35. The van der Waals surface area contributed by atoms with E-state index in [9.17, 15) is 13.2 Å². The van der Waals surface area contributed by atoms with Crippen LogP contribution >= 0.6 is 11.6 Å². The van der Waals surface area contributed by atoms with Gasteiger partial charge in [-0.25, -0.2) is 0 Å². The minimum absolute atomic E-state index is 0.127. The van der Waals surface area contributed by atoms with Gasteiger partial charge in [-0.3, -0.25) is 0 Å². The van der Waals surface area contributed by atoms with E-state index in [4.69, 9.17) is 11.6 Å². The van der Waals surface area contributed by atoms with Crippen LogP contribution in [0.3, 0.4) is 0 Å². The zero-order valence-corrected chi connectivity index (χ0v) is 15.5. The zero-order valence-electron chi connectivity index (χ0n) is 14.8. The van der Waals surface area contributed by atoms with Crippen LogP contribution in [0.4, 0.5) is 18.9 Å². The molecular weight excluding hydrogens is 373 g/mol. The van der Waals surface area contributed by atoms with Crippen molar-refractivity contribution in [3.63, 3.8) is 0 Å². The highest BCUT2D eigenvalue weighted by Crippen LogP contribution is 2.38. The Balaban J connectivity index is 1.85. The Morgan fingerprint density at radius 1 is 0.926 bits per heavy atom. The molecule has 1 fully saturated rings. The van der Waals surface area contributed by atoms with Crippen LogP contribution in [0.15, 0.2) is 48.5 Å². The minimum Gasteiger partial charge on any atom is -0.371 e. The fraction of sp³-hybridized carbons (Fsp3) is 0.333. The lowest BCUT2D eigenvalue weighted by atomic mass is 10.1. The molecule has 0 N–H and O–H groups in total. The molecule has 0 aliphatic carbocycles. The minimum atomic E-state index is -4.42. The number of piperidine rings is 1. The average molecular weight is 393 g/mol. The van der Waals surface area contributed by atoms with E-state index < -0.39 is 11.9 Å². The highest BCUT2D eigenvalue weighted by molar-refractivity contribution is 6.30. The summed E-state index contributed by atoms with van der Waals surface area (Å²) in [5.41, 5.74) is 1.61. The molecule has 0 amide bonds. The molecule has 0 spiro atoms. The van der Waals surface area contributed by atoms with Gasteiger partial charge in [0.15, 0.2) is 0 Å². The molecule has 1 aliphatic heterocycles. The van der Waals surface area contributed by atoms with Gasteiger partial charge in [-0.1, -0.05) is 29.8 Å². The number of hydrogen-bond acceptors (Lipinski definition) is 1. The number of hydrogen-bond donors (Lipinski definition) is 0. The second-order valence-electron chi connectivity index (χ2n) is 7.00. The van der Waals surface area contributed by atoms with Gasteiger partial charge in [0.2, 0.25) is 0 Å². The summed E-state index contributed by atoms with van der Waals surface area (Å²) >= 11 is 6.02. The van der Waals surface area contributed by atoms with Crippen LogP contribution in [0.2, 0.25) is 5.02 Å². The van der Waals surface area contributed by atoms with Crippen molar-refractivity contribution < 1.29 is 13.2 Å². The van der Waals surface area contributed by atoms with E-state index in [2.05, 4.69) is 4.90 Å². The number of halogens is 4. The van der Waals surface area contributed by atoms with Crippen molar-refractivity contribution in [2.24, 2.45) is 0 Å². The zero-order chi connectivity index (χ0) is 19.0. The smallest absolute Gasteiger partial charge is 0.371 e. The molecule has 2 heterocycles. The quantitative estimate of drug-likeness (QED) is 0.504. The molecular formula is C21H20ClF3N2. The fourth-order valence-corrected chi connectivity index (χ4v) is 4.12. The molecule has 1 aliphatic rings. The lowest BCUT2D eigenvalue weighted by molar-refractivity contribution is -0.143. The maximum absolute atomic E-state index is 13.8. The number of anilines is 1. The second-order valence-corrected chi connectivity index (χ2v) is 7.44. The third-order valence-electron chi connectivity index (χ3n) is 5.14. The van der Waals surface area contributed by atoms with Gasteiger partial charge in [0.1, 0.15) is 5.69 Å². The molecule has 0 saturated carbocycles. The van der Waals surface area contributed by atoms with Crippen molar-refractivity contribution in [1.29, 1.82) is 0 Å². The first kappa shape index (κ1) is 18.2. The third-order valence-corrected chi connectivity index (χ3v) is 5.37. The van der Waals surface area contributed by atoms with E-state index in [0.717, 1.165) is 37.2 Å². The summed E-state index contributed by atoms with van der Waals surface area (Å²) in [6, 6.07) is 13.8. The predicted molar refractivity (Wildman–Crippen MR) is 104 cm³/mol. The summed E-state index contributed by atoms with van der Waals surface area (Å²) in [4.78, 5) is 2.20. The Kier molecular flexibility index (Phi) is 4.81. The molecule has 1 aromatic heterocycles. The number of benzene rings is 2. The van der Waals surface area contributed by atoms with Gasteiger partial charge in [0, 0.05) is 35.7 Å². The Labute approximate surface area is 161 Å². The summed E-state index contributed by atoms with van der Waals surface area (Å²) in [6.07, 6.45) is -1.09. The number of alkyl halides is 3. The summed E-state index contributed by atoms with van der Waals surface area (Å²) in [7, 11) is 0. The van der Waals surface area contributed by atoms with Gasteiger partial charge < -0.3 is 9.47 Å². The Morgan fingerprint density at radius 3 is 2.37 bits per heavy atom. The number of rotatable bonds is 3. The van der Waals surface area contributed by atoms with Crippen LogP contribution in [-0.2, 0) is 12.7 Å². The van der Waals surface area contributed by atoms with E-state index in [-0.39, 0.29) is 6.54 Å². The maximum atomic E-state index is 13.8. The monoisotopic (exact) mass is 392 g/mol. The second kappa shape index (κ2) is 7.12. The van der Waals surface area contributed by atoms with Gasteiger partial charge in [-0.05, 0) is 55.2 Å². The molecule has 27 heavy (non-hydrogen) atoms. The van der Waals surface area contributed by atoms with Gasteiger partial charge >= 0.3 is 6.18 Å². The van der Waals surface area contributed by atoms with Crippen molar-refractivity contribution in [2.45, 2.75) is 32.0 Å². The fourth-order valence-electron chi connectivity index (χ4n) is 3.90. The topological polar surface area (TPSA) is 8.17 Å². The summed E-state index contributed by atoms with van der Waals surface area (Å²) < 4.78 is 42.7. The Bertz CT molecular complexity index is 956. The van der Waals surface area contributed by atoms with E-state index in [1.54, 1.807) is 30.3 Å². The molecule has 1 saturated heterocycles. The highest BCUT2D eigenvalue weighted by atomic mass is 35.5. The van der Waals surface area contributed by atoms with E-state index >= 15 is 0 Å². The lowest BCUT2D eigenvalue weighted by Crippen LogP contribution is -2.29. The molecule has 2 nitrogen and oxygen atoms in total. The summed E-state index contributed by atoms with van der Waals surface area (Å²) in [5.74, 6) is 0. The SMILES string of the molecule is FC(F)(F)c1cc2c(N3CCCCC3)cccc2n1Cc1cccc(Cl)c1. The van der Waals surface area contributed by atoms with Crippen molar-refractivity contribution >= 4 is 28.2 Å². The first-order valence-electron chi connectivity index (χ1n) is 9.12. The first-order valence-corrected chi connectivity index (χ1v) is 9.50. The van der Waals surface area contributed by atoms with Crippen LogP contribution in [0.25, 0.3) is 10.9 Å². The van der Waals surface area contributed by atoms with Crippen LogP contribution in [0.1, 0.15) is 30.5 Å². The molecule has 3 aromatic rings. The van der Waals surface area contributed by atoms with Gasteiger partial charge in [-0.15, -0.1) is 0 Å². The normalized spacial score (nSPS) is 15.5. The molecule has 2 aromatic carbocycles. The van der Waals surface area contributed by atoms with Crippen LogP contribution in [0, 0.1) is 0 Å². The van der Waals surface area contributed by atoms with Gasteiger partial charge in [-0.2, -0.15) is 13.2 Å². The van der Waals surface area contributed by atoms with E-state index in [1.807, 2.05) is 12.1 Å². The summed E-state index contributed by atoms with van der Waals surface area (Å²) in [5, 5.41) is 1.18. The summed E-state index contributed by atoms with van der Waals surface area (Å²) in [6.45, 7) is 1.90. The van der Waals surface area contributed by atoms with Crippen molar-refractivity contribution in [1.82, 2.24) is 4.57 Å². The molecule has 0 radical (unpaired) electrons. The number of fused-ring (bicyclic) bond motifs is 1. The number of nitrogens with zero attached hydrogens (tertiary/aromatic N) is 2. The highest BCUT2D eigenvalue weighted by Gasteiger charge is 2.36. The largest absolute Gasteiger partial charge is 0.431 e. The van der Waals surface area contributed by atoms with Crippen molar-refractivity contribution in [3.05, 3.63) is 64.8 Å². The molecule has 0 atom stereocenters. The maximum Gasteiger partial charge on any atom is 0.431 e. The Hall–Kier alpha value is -2.14. The molecule has 0 bridgehead atoms. The lowest BCUT2D eigenvalue weighted by Gasteiger charge is -2.29. The molecule has 142 valence electrons. The van der Waals surface area contributed by atoms with Crippen LogP contribution in [-0.4, -0.2) is 17.7 Å². The van der Waals surface area contributed by atoms with Gasteiger partial charge in [0.25, 0.3) is 0 Å². The number of aromatic nitrogens is 1. The Morgan fingerprint density at radius 2 is 1.67 bits per heavy atom. The van der Waals surface area contributed by atoms with Crippen LogP contribution < -0.4 is 4.90 Å². The molecule has 6 heteroatoms. The first-order chi connectivity index (χ1) is 12.9. The third kappa shape index (κ3) is 3.65. The molecule has 0 unspecified atom stereocenters. The van der Waals surface area contributed by atoms with Crippen LogP contribution in [0.5, 0.6) is 0 Å². The van der Waals surface area contributed by atoms with Crippen molar-refractivity contribution in [3.8, 4) is 0 Å². The van der Waals surface area contributed by atoms with Crippen molar-refractivity contribution in [2.75, 3.05) is 18.0 Å². The standard InChI is InChI=1S/C21H20ClF3N2/c22-16-7-4-6-15(12-16)14-27-19-9-5-8-18(26-10-2-1-3-11-26)17(19)13-20(27)21(23,24)25/h4-9,12-13H,1-3,10-11,14H2.